The fraction of sp³-hybridized carbons (Fsp3) is 0.455. The van der Waals surface area contributed by atoms with E-state index in [-0.39, 0.29) is 30.1 Å². The van der Waals surface area contributed by atoms with E-state index in [1.807, 2.05) is 36.5 Å². The Labute approximate surface area is 264 Å². The Bertz CT molecular complexity index is 1590. The van der Waals surface area contributed by atoms with Crippen molar-refractivity contribution in [3.63, 3.8) is 0 Å². The molecular weight excluding hydrogens is 590 g/mol. The van der Waals surface area contributed by atoms with Gasteiger partial charge in [0.2, 0.25) is 0 Å². The Balaban J connectivity index is 1.44. The van der Waals surface area contributed by atoms with Crippen LogP contribution in [0.2, 0.25) is 18.6 Å². The van der Waals surface area contributed by atoms with E-state index in [1.54, 1.807) is 27.7 Å². The average molecular weight is 632 g/mol. The quantitative estimate of drug-likeness (QED) is 0.252. The van der Waals surface area contributed by atoms with Crippen LogP contribution in [0, 0.1) is 5.92 Å². The molecule has 2 saturated heterocycles. The van der Waals surface area contributed by atoms with E-state index in [0.29, 0.717) is 44.8 Å². The van der Waals surface area contributed by atoms with Crippen molar-refractivity contribution in [3.8, 4) is 5.75 Å². The summed E-state index contributed by atoms with van der Waals surface area (Å²) in [6, 6.07) is 14.0. The van der Waals surface area contributed by atoms with Crippen molar-refractivity contribution in [2.45, 2.75) is 56.7 Å². The fourth-order valence-electron chi connectivity index (χ4n) is 7.61. The number of anilines is 2. The summed E-state index contributed by atoms with van der Waals surface area (Å²) in [6.45, 7) is 12.4. The molecule has 0 radical (unpaired) electrons. The summed E-state index contributed by atoms with van der Waals surface area (Å²) in [6.07, 6.45) is 3.98. The molecule has 1 spiro atoms. The van der Waals surface area contributed by atoms with Crippen LogP contribution in [0.5, 0.6) is 5.75 Å². The van der Waals surface area contributed by atoms with Gasteiger partial charge in [-0.15, -0.1) is 11.7 Å². The normalized spacial score (nSPS) is 24.4. The van der Waals surface area contributed by atoms with Crippen LogP contribution in [0.4, 0.5) is 16.2 Å². The van der Waals surface area contributed by atoms with E-state index < -0.39 is 19.8 Å². The summed E-state index contributed by atoms with van der Waals surface area (Å²) >= 11 is 0. The molecule has 0 bridgehead atoms. The van der Waals surface area contributed by atoms with E-state index in [9.17, 15) is 14.7 Å². The van der Waals surface area contributed by atoms with Crippen LogP contribution < -0.4 is 19.7 Å². The number of ether oxygens (including phenoxy) is 3. The van der Waals surface area contributed by atoms with Gasteiger partial charge in [-0.1, -0.05) is 48.6 Å². The van der Waals surface area contributed by atoms with Crippen LogP contribution in [0.15, 0.2) is 61.3 Å². The van der Waals surface area contributed by atoms with Crippen LogP contribution in [-0.4, -0.2) is 79.7 Å². The lowest BCUT2D eigenvalue weighted by molar-refractivity contribution is -0.145. The molecule has 2 aromatic carbocycles. The molecule has 238 valence electrons. The van der Waals surface area contributed by atoms with Crippen LogP contribution in [0.25, 0.3) is 0 Å². The summed E-state index contributed by atoms with van der Waals surface area (Å²) < 4.78 is 19.6. The van der Waals surface area contributed by atoms with Gasteiger partial charge in [-0.05, 0) is 42.3 Å². The van der Waals surface area contributed by atoms with E-state index in [2.05, 4.69) is 49.0 Å². The maximum Gasteiger partial charge on any atom is 0.414 e. The number of aliphatic hydroxyl groups is 1. The smallest absolute Gasteiger partial charge is 0.414 e. The molecule has 3 aliphatic rings. The van der Waals surface area contributed by atoms with Crippen LogP contribution in [-0.2, 0) is 32.8 Å². The molecule has 2 fully saturated rings. The number of carbonyl (C=O) groups is 2. The Morgan fingerprint density at radius 1 is 1.20 bits per heavy atom. The van der Waals surface area contributed by atoms with E-state index >= 15 is 0 Å². The lowest BCUT2D eigenvalue weighted by Crippen LogP contribution is -2.52. The molecule has 0 aliphatic carbocycles. The number of benzene rings is 2. The molecule has 11 nitrogen and oxygen atoms in total. The molecule has 0 saturated carbocycles. The zero-order valence-electron chi connectivity index (χ0n) is 26.3. The van der Waals surface area contributed by atoms with Crippen molar-refractivity contribution < 1.29 is 28.9 Å². The second-order valence-electron chi connectivity index (χ2n) is 12.6. The summed E-state index contributed by atoms with van der Waals surface area (Å²) in [7, 11) is -0.662. The van der Waals surface area contributed by atoms with Gasteiger partial charge in [0.25, 0.3) is 5.91 Å². The SMILES string of the molecule is C=CCN1C(=O)[C@@]2(O[C@@H](CCn3cc(CCO)nn3)[C@H]([Si](C)(C)c3ccc(OC)cc3)[C@H]2C)c2cc(N3CCOC3=O)ccc21. The average Bonchev–Trinajstić information content (AvgIpc) is 3.79. The molecule has 6 rings (SSSR count). The number of carbonyl (C=O) groups excluding carboxylic acids is 2. The van der Waals surface area contributed by atoms with Gasteiger partial charge in [0, 0.05) is 49.5 Å². The van der Waals surface area contributed by atoms with Crippen LogP contribution >= 0.6 is 0 Å². The van der Waals surface area contributed by atoms with Crippen molar-refractivity contribution in [1.29, 1.82) is 0 Å². The Hall–Kier alpha value is -4.00. The van der Waals surface area contributed by atoms with Crippen molar-refractivity contribution in [3.05, 3.63) is 72.6 Å². The predicted octanol–water partition coefficient (Wildman–Crippen LogP) is 3.62. The first-order valence-electron chi connectivity index (χ1n) is 15.5. The number of aliphatic hydroxyl groups excluding tert-OH is 1. The third-order valence-electron chi connectivity index (χ3n) is 9.80. The van der Waals surface area contributed by atoms with Gasteiger partial charge in [0.05, 0.1) is 39.2 Å². The first-order valence-corrected chi connectivity index (χ1v) is 18.6. The highest BCUT2D eigenvalue weighted by molar-refractivity contribution is 6.91. The van der Waals surface area contributed by atoms with Crippen molar-refractivity contribution in [1.82, 2.24) is 15.0 Å². The zero-order valence-corrected chi connectivity index (χ0v) is 27.3. The minimum absolute atomic E-state index is 0.00799. The first-order chi connectivity index (χ1) is 21.6. The van der Waals surface area contributed by atoms with Gasteiger partial charge in [0.15, 0.2) is 5.60 Å². The van der Waals surface area contributed by atoms with Gasteiger partial charge in [0.1, 0.15) is 12.4 Å². The second-order valence-corrected chi connectivity index (χ2v) is 17.3. The number of rotatable bonds is 11. The number of fused-ring (bicyclic) bond motifs is 2. The highest BCUT2D eigenvalue weighted by atomic mass is 28.3. The number of nitrogens with zero attached hydrogens (tertiary/aromatic N) is 5. The Kier molecular flexibility index (Phi) is 8.31. The maximum absolute atomic E-state index is 14.7. The maximum atomic E-state index is 14.7. The molecule has 4 atom stereocenters. The van der Waals surface area contributed by atoms with Crippen molar-refractivity contribution in [2.24, 2.45) is 5.92 Å². The number of aromatic nitrogens is 3. The van der Waals surface area contributed by atoms with Crippen molar-refractivity contribution >= 4 is 36.6 Å². The first kappa shape index (κ1) is 31.0. The monoisotopic (exact) mass is 631 g/mol. The fourth-order valence-corrected chi connectivity index (χ4v) is 11.7. The summed E-state index contributed by atoms with van der Waals surface area (Å²) in [5, 5.41) is 19.1. The number of amides is 2. The predicted molar refractivity (Wildman–Crippen MR) is 173 cm³/mol. The van der Waals surface area contributed by atoms with Crippen LogP contribution in [0.1, 0.15) is 24.6 Å². The van der Waals surface area contributed by atoms with Gasteiger partial charge < -0.3 is 24.2 Å². The molecule has 2 amide bonds. The largest absolute Gasteiger partial charge is 0.497 e. The number of cyclic esters (lactones) is 1. The summed E-state index contributed by atoms with van der Waals surface area (Å²) in [5.41, 5.74) is 1.77. The zero-order chi connectivity index (χ0) is 31.9. The van der Waals surface area contributed by atoms with Gasteiger partial charge in [-0.25, -0.2) is 4.79 Å². The topological polar surface area (TPSA) is 119 Å². The van der Waals surface area contributed by atoms with Gasteiger partial charge in [-0.2, -0.15) is 0 Å². The molecule has 4 heterocycles. The molecule has 3 aliphatic heterocycles. The molecule has 12 heteroatoms. The van der Waals surface area contributed by atoms with Gasteiger partial charge in [-0.3, -0.25) is 14.4 Å². The molecule has 3 aromatic rings. The van der Waals surface area contributed by atoms with E-state index in [4.69, 9.17) is 14.2 Å². The highest BCUT2D eigenvalue weighted by Gasteiger charge is 2.66. The number of methoxy groups -OCH3 is 1. The lowest BCUT2D eigenvalue weighted by atomic mass is 9.82. The lowest BCUT2D eigenvalue weighted by Gasteiger charge is -2.37. The summed E-state index contributed by atoms with van der Waals surface area (Å²) in [4.78, 5) is 30.6. The molecule has 1 N–H and O–H groups in total. The second kappa shape index (κ2) is 12.1. The van der Waals surface area contributed by atoms with Gasteiger partial charge >= 0.3 is 6.09 Å². The third kappa shape index (κ3) is 5.14. The van der Waals surface area contributed by atoms with Crippen molar-refractivity contribution in [2.75, 3.05) is 43.2 Å². The third-order valence-corrected chi connectivity index (χ3v) is 14.2. The molecule has 1 aromatic heterocycles. The minimum atomic E-state index is -2.32. The van der Waals surface area contributed by atoms with E-state index in [0.717, 1.165) is 22.7 Å². The highest BCUT2D eigenvalue weighted by Crippen LogP contribution is 2.60. The number of hydrogen-bond donors (Lipinski definition) is 1. The van der Waals surface area contributed by atoms with Crippen LogP contribution in [0.3, 0.4) is 0 Å². The Morgan fingerprint density at radius 3 is 2.64 bits per heavy atom. The number of hydrogen-bond acceptors (Lipinski definition) is 8. The molecule has 0 unspecified atom stereocenters. The standard InChI is InChI=1S/C33H41N5O6Si/c1-6-15-38-28-12-7-24(37-17-19-43-32(37)41)20-27(28)33(31(38)40)22(2)30(45(4,5)26-10-8-25(42-3)9-11-26)29(44-33)13-16-36-21-23(14-18-39)34-35-36/h6-12,20-22,29-30,39H,1,13-19H2,2-5H3/t22-,29+,30-,33+/m1/s1. The van der Waals surface area contributed by atoms with E-state index in [1.165, 1.54) is 5.19 Å². The summed E-state index contributed by atoms with van der Waals surface area (Å²) in [5.74, 6) is 0.503. The molecule has 45 heavy (non-hydrogen) atoms. The molecular formula is C33H41N5O6Si. The Morgan fingerprint density at radius 2 is 1.98 bits per heavy atom. The number of aryl methyl sites for hydroxylation is 1. The minimum Gasteiger partial charge on any atom is -0.497 e.